The molecule has 0 saturated carbocycles. The number of nitrogens with zero attached hydrogens (tertiary/aromatic N) is 2. The third-order valence-corrected chi connectivity index (χ3v) is 1.27. The van der Waals surface area contributed by atoms with E-state index in [9.17, 15) is 4.79 Å². The average molecular weight is 143 g/mol. The number of carbonyl (C=O) groups excluding carboxylic acids is 1. The SMILES string of the molecule is CCC[N]C(=O)N(C)CC. The Morgan fingerprint density at radius 1 is 1.50 bits per heavy atom. The van der Waals surface area contributed by atoms with Gasteiger partial charge < -0.3 is 4.90 Å². The first-order valence-electron chi connectivity index (χ1n) is 3.65. The van der Waals surface area contributed by atoms with Crippen molar-refractivity contribution in [3.8, 4) is 0 Å². The molecule has 3 heteroatoms. The molecule has 3 nitrogen and oxygen atoms in total. The first kappa shape index (κ1) is 9.27. The lowest BCUT2D eigenvalue weighted by molar-refractivity contribution is 0.210. The van der Waals surface area contributed by atoms with E-state index >= 15 is 0 Å². The molecule has 10 heavy (non-hydrogen) atoms. The molecule has 0 aromatic carbocycles. The van der Waals surface area contributed by atoms with Gasteiger partial charge in [0.1, 0.15) is 0 Å². The van der Waals surface area contributed by atoms with Crippen molar-refractivity contribution < 1.29 is 4.79 Å². The summed E-state index contributed by atoms with van der Waals surface area (Å²) in [6.45, 7) is 5.30. The molecule has 1 radical (unpaired) electrons. The third kappa shape index (κ3) is 3.33. The molecule has 2 amide bonds. The summed E-state index contributed by atoms with van der Waals surface area (Å²) < 4.78 is 0. The highest BCUT2D eigenvalue weighted by Crippen LogP contribution is 1.84. The summed E-state index contributed by atoms with van der Waals surface area (Å²) in [5.74, 6) is 0. The summed E-state index contributed by atoms with van der Waals surface area (Å²) in [5.41, 5.74) is 0. The minimum Gasteiger partial charge on any atom is -0.327 e. The Bertz CT molecular complexity index is 104. The smallest absolute Gasteiger partial charge is 0.327 e. The lowest BCUT2D eigenvalue weighted by Crippen LogP contribution is -2.32. The summed E-state index contributed by atoms with van der Waals surface area (Å²) in [6, 6.07) is -0.107. The Labute approximate surface area is 62.4 Å². The summed E-state index contributed by atoms with van der Waals surface area (Å²) in [4.78, 5) is 12.5. The van der Waals surface area contributed by atoms with Crippen molar-refractivity contribution in [1.29, 1.82) is 0 Å². The lowest BCUT2D eigenvalue weighted by Gasteiger charge is -2.12. The van der Waals surface area contributed by atoms with Crippen LogP contribution in [0, 0.1) is 0 Å². The second-order valence-corrected chi connectivity index (χ2v) is 2.18. The third-order valence-electron chi connectivity index (χ3n) is 1.27. The van der Waals surface area contributed by atoms with Crippen LogP contribution >= 0.6 is 0 Å². The van der Waals surface area contributed by atoms with Crippen LogP contribution < -0.4 is 5.32 Å². The fraction of sp³-hybridized carbons (Fsp3) is 0.857. The van der Waals surface area contributed by atoms with Crippen LogP contribution in [0.3, 0.4) is 0 Å². The molecule has 0 atom stereocenters. The molecule has 0 saturated heterocycles. The van der Waals surface area contributed by atoms with E-state index in [4.69, 9.17) is 0 Å². The van der Waals surface area contributed by atoms with Gasteiger partial charge >= 0.3 is 6.03 Å². The van der Waals surface area contributed by atoms with Gasteiger partial charge in [-0.1, -0.05) is 6.92 Å². The highest BCUT2D eigenvalue weighted by atomic mass is 16.2. The number of hydrogen-bond donors (Lipinski definition) is 0. The molecule has 0 aromatic rings. The van der Waals surface area contributed by atoms with Crippen LogP contribution in [0.25, 0.3) is 0 Å². The van der Waals surface area contributed by atoms with Crippen molar-refractivity contribution in [1.82, 2.24) is 10.2 Å². The maximum Gasteiger partial charge on any atom is 0.338 e. The predicted molar refractivity (Wildman–Crippen MR) is 41.0 cm³/mol. The molecular formula is C7H15N2O. The monoisotopic (exact) mass is 143 g/mol. The molecule has 0 N–H and O–H groups in total. The molecule has 0 rings (SSSR count). The van der Waals surface area contributed by atoms with Crippen LogP contribution in [0.2, 0.25) is 0 Å². The Morgan fingerprint density at radius 2 is 2.10 bits per heavy atom. The zero-order valence-corrected chi connectivity index (χ0v) is 6.92. The number of carbonyl (C=O) groups is 1. The van der Waals surface area contributed by atoms with Crippen molar-refractivity contribution in [2.45, 2.75) is 20.3 Å². The summed E-state index contributed by atoms with van der Waals surface area (Å²) in [7, 11) is 1.75. The van der Waals surface area contributed by atoms with Crippen LogP contribution in [0.15, 0.2) is 0 Å². The van der Waals surface area contributed by atoms with Gasteiger partial charge in [-0.15, -0.1) is 0 Å². The van der Waals surface area contributed by atoms with Gasteiger partial charge in [-0.25, -0.2) is 10.1 Å². The minimum absolute atomic E-state index is 0.107. The van der Waals surface area contributed by atoms with Gasteiger partial charge in [-0.2, -0.15) is 0 Å². The van der Waals surface area contributed by atoms with Gasteiger partial charge in [-0.3, -0.25) is 0 Å². The first-order valence-corrected chi connectivity index (χ1v) is 3.65. The Kier molecular flexibility index (Phi) is 4.72. The van der Waals surface area contributed by atoms with E-state index in [0.29, 0.717) is 6.54 Å². The molecule has 0 spiro atoms. The van der Waals surface area contributed by atoms with E-state index < -0.39 is 0 Å². The highest BCUT2D eigenvalue weighted by molar-refractivity contribution is 5.73. The number of urea groups is 1. The summed E-state index contributed by atoms with van der Waals surface area (Å²) >= 11 is 0. The van der Waals surface area contributed by atoms with Gasteiger partial charge in [0, 0.05) is 20.1 Å². The van der Waals surface area contributed by atoms with Gasteiger partial charge in [-0.05, 0) is 13.3 Å². The van der Waals surface area contributed by atoms with Crippen LogP contribution in [0.5, 0.6) is 0 Å². The van der Waals surface area contributed by atoms with Gasteiger partial charge in [0.25, 0.3) is 0 Å². The molecule has 0 unspecified atom stereocenters. The van der Waals surface area contributed by atoms with Crippen molar-refractivity contribution in [2.75, 3.05) is 20.1 Å². The average Bonchev–Trinajstić information content (AvgIpc) is 1.98. The van der Waals surface area contributed by atoms with Gasteiger partial charge in [0.2, 0.25) is 0 Å². The Hall–Kier alpha value is -0.730. The minimum atomic E-state index is -0.107. The standard InChI is InChI=1S/C7H15N2O/c1-4-6-8-7(10)9(3)5-2/h4-6H2,1-3H3. The van der Waals surface area contributed by atoms with E-state index in [1.165, 1.54) is 0 Å². The van der Waals surface area contributed by atoms with Crippen molar-refractivity contribution in [3.05, 3.63) is 0 Å². The normalized spacial score (nSPS) is 9.10. The van der Waals surface area contributed by atoms with Crippen molar-refractivity contribution >= 4 is 6.03 Å². The number of rotatable bonds is 3. The molecule has 59 valence electrons. The van der Waals surface area contributed by atoms with Crippen LogP contribution in [0.1, 0.15) is 20.3 Å². The van der Waals surface area contributed by atoms with E-state index in [-0.39, 0.29) is 6.03 Å². The largest absolute Gasteiger partial charge is 0.338 e. The molecule has 0 aliphatic rings. The molecule has 0 aliphatic heterocycles. The number of amides is 2. The fourth-order valence-electron chi connectivity index (χ4n) is 0.463. The van der Waals surface area contributed by atoms with Crippen molar-refractivity contribution in [2.24, 2.45) is 0 Å². The first-order chi connectivity index (χ1) is 4.72. The maximum absolute atomic E-state index is 10.9. The van der Waals surface area contributed by atoms with Gasteiger partial charge in [0.15, 0.2) is 0 Å². The fourth-order valence-corrected chi connectivity index (χ4v) is 0.463. The molecular weight excluding hydrogens is 128 g/mol. The lowest BCUT2D eigenvalue weighted by atomic mass is 10.5. The maximum atomic E-state index is 10.9. The zero-order chi connectivity index (χ0) is 7.98. The molecule has 0 fully saturated rings. The second kappa shape index (κ2) is 5.09. The molecule has 0 aromatic heterocycles. The van der Waals surface area contributed by atoms with E-state index in [1.54, 1.807) is 11.9 Å². The van der Waals surface area contributed by atoms with E-state index in [2.05, 4.69) is 5.32 Å². The van der Waals surface area contributed by atoms with Crippen LogP contribution in [0.4, 0.5) is 4.79 Å². The van der Waals surface area contributed by atoms with Crippen LogP contribution in [-0.2, 0) is 0 Å². The number of hydrogen-bond acceptors (Lipinski definition) is 1. The quantitative estimate of drug-likeness (QED) is 0.582. The predicted octanol–water partition coefficient (Wildman–Crippen LogP) is 1.07. The van der Waals surface area contributed by atoms with Crippen molar-refractivity contribution in [3.63, 3.8) is 0 Å². The Balaban J connectivity index is 3.42. The van der Waals surface area contributed by atoms with E-state index in [0.717, 1.165) is 13.0 Å². The zero-order valence-electron chi connectivity index (χ0n) is 6.92. The summed E-state index contributed by atoms with van der Waals surface area (Å²) in [6.07, 6.45) is 0.934. The molecule has 0 aliphatic carbocycles. The highest BCUT2D eigenvalue weighted by Gasteiger charge is 2.04. The topological polar surface area (TPSA) is 34.4 Å². The summed E-state index contributed by atoms with van der Waals surface area (Å²) in [5, 5.41) is 3.80. The molecule has 0 bridgehead atoms. The van der Waals surface area contributed by atoms with Gasteiger partial charge in [0.05, 0.1) is 0 Å². The van der Waals surface area contributed by atoms with Crippen LogP contribution in [-0.4, -0.2) is 31.1 Å². The molecule has 0 heterocycles. The Morgan fingerprint density at radius 3 is 2.50 bits per heavy atom. The second-order valence-electron chi connectivity index (χ2n) is 2.18. The van der Waals surface area contributed by atoms with E-state index in [1.807, 2.05) is 13.8 Å².